The van der Waals surface area contributed by atoms with Crippen molar-refractivity contribution in [1.82, 2.24) is 29.4 Å². The Hall–Kier alpha value is -4.37. The van der Waals surface area contributed by atoms with Gasteiger partial charge in [-0.25, -0.2) is 32.2 Å². The van der Waals surface area contributed by atoms with Crippen molar-refractivity contribution in [3.63, 3.8) is 0 Å². The van der Waals surface area contributed by atoms with Crippen LogP contribution in [0.1, 0.15) is 30.0 Å². The number of nitrogens with zero attached hydrogens (tertiary/aromatic N) is 5. The summed E-state index contributed by atoms with van der Waals surface area (Å²) in [6.45, 7) is 4.27. The molecule has 2 aromatic heterocycles. The van der Waals surface area contributed by atoms with E-state index < -0.39 is 32.5 Å². The number of benzene rings is 2. The van der Waals surface area contributed by atoms with Gasteiger partial charge in [0.25, 0.3) is 0 Å². The van der Waals surface area contributed by atoms with Crippen LogP contribution < -0.4 is 10.5 Å². The van der Waals surface area contributed by atoms with E-state index in [1.807, 2.05) is 0 Å². The zero-order chi connectivity index (χ0) is 30.2. The molecular weight excluding hydrogens is 578 g/mol. The number of sulfonamides is 1. The maximum Gasteiger partial charge on any atom is 0.416 e. The summed E-state index contributed by atoms with van der Waals surface area (Å²) in [4.78, 5) is 21.3. The fourth-order valence-electron chi connectivity index (χ4n) is 4.86. The maximum absolute atomic E-state index is 14.2. The number of aromatic nitrogens is 4. The van der Waals surface area contributed by atoms with Gasteiger partial charge in [0.2, 0.25) is 15.9 Å². The van der Waals surface area contributed by atoms with Gasteiger partial charge < -0.3 is 10.6 Å². The first-order valence-corrected chi connectivity index (χ1v) is 14.2. The number of carbonyl (C=O) groups is 1. The van der Waals surface area contributed by atoms with Crippen LogP contribution in [0.4, 0.5) is 23.4 Å². The first kappa shape index (κ1) is 29.1. The van der Waals surface area contributed by atoms with Gasteiger partial charge in [-0.2, -0.15) is 18.3 Å². The highest BCUT2D eigenvalue weighted by Gasteiger charge is 2.33. The van der Waals surface area contributed by atoms with Gasteiger partial charge >= 0.3 is 6.18 Å². The monoisotopic (exact) mass is 603 g/mol. The third-order valence-corrected chi connectivity index (χ3v) is 8.40. The zero-order valence-corrected chi connectivity index (χ0v) is 22.8. The predicted octanol–water partition coefficient (Wildman–Crippen LogP) is 4.06. The van der Waals surface area contributed by atoms with Crippen molar-refractivity contribution >= 4 is 32.8 Å². The van der Waals surface area contributed by atoms with Gasteiger partial charge in [-0.3, -0.25) is 4.79 Å². The Morgan fingerprint density at radius 2 is 1.90 bits per heavy atom. The fourth-order valence-corrected chi connectivity index (χ4v) is 5.98. The number of nitrogen functional groups attached to an aromatic ring is 1. The van der Waals surface area contributed by atoms with Gasteiger partial charge in [-0.05, 0) is 42.7 Å². The number of anilines is 1. The molecule has 0 aliphatic carbocycles. The van der Waals surface area contributed by atoms with E-state index >= 15 is 0 Å². The van der Waals surface area contributed by atoms with Crippen molar-refractivity contribution in [1.29, 1.82) is 0 Å². The number of rotatable bonds is 7. The molecular formula is C27H25F4N7O3S. The van der Waals surface area contributed by atoms with Gasteiger partial charge in [0.15, 0.2) is 5.65 Å². The summed E-state index contributed by atoms with van der Waals surface area (Å²) < 4.78 is 82.4. The number of nitrogens with one attached hydrogen (secondary N) is 1. The van der Waals surface area contributed by atoms with Crippen LogP contribution in [0.15, 0.2) is 66.3 Å². The van der Waals surface area contributed by atoms with E-state index in [9.17, 15) is 30.8 Å². The van der Waals surface area contributed by atoms with E-state index in [1.165, 1.54) is 12.4 Å². The Balaban J connectivity index is 1.40. The molecule has 1 aliphatic rings. The van der Waals surface area contributed by atoms with Crippen molar-refractivity contribution in [2.45, 2.75) is 36.5 Å². The molecule has 0 radical (unpaired) electrons. The molecule has 3 heterocycles. The zero-order valence-electron chi connectivity index (χ0n) is 22.0. The number of amides is 1. The molecule has 10 nitrogen and oxygen atoms in total. The van der Waals surface area contributed by atoms with Crippen molar-refractivity contribution in [3.8, 4) is 11.3 Å². The minimum absolute atomic E-state index is 0.168. The van der Waals surface area contributed by atoms with E-state index in [0.717, 1.165) is 12.8 Å². The Morgan fingerprint density at radius 1 is 1.17 bits per heavy atom. The maximum atomic E-state index is 14.2. The van der Waals surface area contributed by atoms with E-state index in [0.29, 0.717) is 53.1 Å². The quantitative estimate of drug-likeness (QED) is 0.240. The molecule has 1 atom stereocenters. The summed E-state index contributed by atoms with van der Waals surface area (Å²) in [6, 6.07) is 7.55. The molecule has 5 rings (SSSR count). The molecule has 4 aromatic rings. The number of alkyl halides is 3. The molecule has 0 saturated carbocycles. The molecule has 220 valence electrons. The van der Waals surface area contributed by atoms with Crippen LogP contribution in [0.2, 0.25) is 0 Å². The van der Waals surface area contributed by atoms with Crippen molar-refractivity contribution in [3.05, 3.63) is 78.4 Å². The third-order valence-electron chi connectivity index (χ3n) is 6.99. The van der Waals surface area contributed by atoms with E-state index in [4.69, 9.17) is 10.8 Å². The molecule has 0 bridgehead atoms. The summed E-state index contributed by atoms with van der Waals surface area (Å²) in [6.07, 6.45) is -0.716. The molecule has 3 N–H and O–H groups in total. The molecule has 15 heteroatoms. The predicted molar refractivity (Wildman–Crippen MR) is 146 cm³/mol. The Morgan fingerprint density at radius 3 is 2.60 bits per heavy atom. The van der Waals surface area contributed by atoms with E-state index in [2.05, 4.69) is 21.3 Å². The summed E-state index contributed by atoms with van der Waals surface area (Å²) in [5, 5.41) is 5.29. The van der Waals surface area contributed by atoms with Crippen LogP contribution in [-0.2, 0) is 27.5 Å². The third kappa shape index (κ3) is 5.69. The summed E-state index contributed by atoms with van der Waals surface area (Å²) in [5.41, 5.74) is 6.97. The summed E-state index contributed by atoms with van der Waals surface area (Å²) in [7, 11) is -4.60. The minimum Gasteiger partial charge on any atom is -0.383 e. The Labute approximate surface area is 237 Å². The number of fused-ring (bicyclic) bond motifs is 1. The van der Waals surface area contributed by atoms with Crippen molar-refractivity contribution in [2.75, 3.05) is 18.8 Å². The average Bonchev–Trinajstić information content (AvgIpc) is 3.36. The number of hydrogen-bond donors (Lipinski definition) is 2. The minimum atomic E-state index is -4.83. The molecule has 0 unspecified atom stereocenters. The van der Waals surface area contributed by atoms with Gasteiger partial charge in [0.1, 0.15) is 28.6 Å². The molecule has 1 saturated heterocycles. The highest BCUT2D eigenvalue weighted by Crippen LogP contribution is 2.34. The topological polar surface area (TPSA) is 136 Å². The molecule has 1 fully saturated rings. The highest BCUT2D eigenvalue weighted by molar-refractivity contribution is 7.89. The highest BCUT2D eigenvalue weighted by atomic mass is 32.2. The molecule has 0 spiro atoms. The lowest BCUT2D eigenvalue weighted by Gasteiger charge is -2.32. The van der Waals surface area contributed by atoms with Crippen LogP contribution in [0.3, 0.4) is 0 Å². The van der Waals surface area contributed by atoms with Crippen LogP contribution in [0.25, 0.3) is 22.3 Å². The summed E-state index contributed by atoms with van der Waals surface area (Å²) >= 11 is 0. The lowest BCUT2D eigenvalue weighted by atomic mass is 10.1. The second-order valence-electron chi connectivity index (χ2n) is 9.70. The standard InChI is InChI=1S/C27H25F4N7O3S/c1-2-22(39)37-11-3-4-19(14-37)38-26-23(25(32)33-15-34-26)24(36-38)17-7-5-16(6-8-17)13-35-42(40,41)21-12-18(27(29,30)31)9-10-20(21)28/h2,5-10,12,15,19,35H,1,3-4,11,13-14H2,(H2,32,33,34)/t19-/m1/s1. The Kier molecular flexibility index (Phi) is 7.72. The number of carbonyl (C=O) groups excluding carboxylic acids is 1. The lowest BCUT2D eigenvalue weighted by molar-refractivity contribution is -0.137. The van der Waals surface area contributed by atoms with Crippen LogP contribution in [0.5, 0.6) is 0 Å². The van der Waals surface area contributed by atoms with E-state index in [1.54, 1.807) is 33.8 Å². The van der Waals surface area contributed by atoms with Crippen molar-refractivity contribution < 1.29 is 30.8 Å². The normalized spacial score (nSPS) is 16.1. The second-order valence-corrected chi connectivity index (χ2v) is 11.4. The molecule has 2 aromatic carbocycles. The Bertz CT molecular complexity index is 1770. The van der Waals surface area contributed by atoms with Crippen molar-refractivity contribution in [2.24, 2.45) is 0 Å². The largest absolute Gasteiger partial charge is 0.416 e. The molecule has 42 heavy (non-hydrogen) atoms. The SMILES string of the molecule is C=CC(=O)N1CCC[C@@H](n2nc(-c3ccc(CNS(=O)(=O)c4cc(C(F)(F)F)ccc4F)cc3)c3c(N)ncnc32)C1. The number of hydrogen-bond acceptors (Lipinski definition) is 7. The molecule has 1 amide bonds. The fraction of sp³-hybridized carbons (Fsp3) is 0.259. The smallest absolute Gasteiger partial charge is 0.383 e. The summed E-state index contributed by atoms with van der Waals surface area (Å²) in [5.74, 6) is -1.27. The van der Waals surface area contributed by atoms with Crippen LogP contribution in [-0.4, -0.2) is 52.1 Å². The first-order valence-electron chi connectivity index (χ1n) is 12.7. The van der Waals surface area contributed by atoms with Gasteiger partial charge in [0.05, 0.1) is 17.0 Å². The number of nitrogens with two attached hydrogens (primary N) is 1. The lowest BCUT2D eigenvalue weighted by Crippen LogP contribution is -2.40. The van der Waals surface area contributed by atoms with Gasteiger partial charge in [-0.15, -0.1) is 0 Å². The number of piperidine rings is 1. The first-order chi connectivity index (χ1) is 19.9. The van der Waals surface area contributed by atoms with Crippen LogP contribution in [0, 0.1) is 5.82 Å². The average molecular weight is 604 g/mol. The van der Waals surface area contributed by atoms with Gasteiger partial charge in [0, 0.05) is 25.2 Å². The molecule has 1 aliphatic heterocycles. The van der Waals surface area contributed by atoms with Crippen LogP contribution >= 0.6 is 0 Å². The van der Waals surface area contributed by atoms with Gasteiger partial charge in [-0.1, -0.05) is 30.8 Å². The number of halogens is 4. The second kappa shape index (κ2) is 11.1. The number of likely N-dealkylation sites (tertiary alicyclic amines) is 1. The van der Waals surface area contributed by atoms with E-state index in [-0.39, 0.29) is 30.4 Å².